The number of fused-ring (bicyclic) bond motifs is 1. The van der Waals surface area contributed by atoms with Gasteiger partial charge in [0.1, 0.15) is 0 Å². The van der Waals surface area contributed by atoms with Crippen molar-refractivity contribution in [2.24, 2.45) is 5.92 Å². The Morgan fingerprint density at radius 2 is 1.56 bits per heavy atom. The third kappa shape index (κ3) is 2.01. The van der Waals surface area contributed by atoms with Crippen molar-refractivity contribution in [3.63, 3.8) is 0 Å². The molecular weight excluding hydrogens is 196 g/mol. The summed E-state index contributed by atoms with van der Waals surface area (Å²) in [5, 5.41) is 7.14. The zero-order valence-corrected chi connectivity index (χ0v) is 9.71. The molecule has 1 saturated carbocycles. The fourth-order valence-electron chi connectivity index (χ4n) is 3.02. The first-order valence-corrected chi connectivity index (χ1v) is 6.54. The molecule has 2 N–H and O–H groups in total. The molecule has 2 nitrogen and oxygen atoms in total. The zero-order chi connectivity index (χ0) is 10.8. The first-order valence-electron chi connectivity index (χ1n) is 6.54. The van der Waals surface area contributed by atoms with Crippen molar-refractivity contribution < 1.29 is 0 Å². The second kappa shape index (κ2) is 4.36. The van der Waals surface area contributed by atoms with Gasteiger partial charge in [-0.15, -0.1) is 0 Å². The lowest BCUT2D eigenvalue weighted by atomic mass is 9.86. The van der Waals surface area contributed by atoms with Crippen molar-refractivity contribution in [2.75, 3.05) is 10.6 Å². The molecule has 0 aromatic heterocycles. The van der Waals surface area contributed by atoms with E-state index < -0.39 is 0 Å². The number of para-hydroxylation sites is 2. The fraction of sp³-hybridized carbons (Fsp3) is 0.571. The summed E-state index contributed by atoms with van der Waals surface area (Å²) in [7, 11) is 0. The van der Waals surface area contributed by atoms with E-state index in [9.17, 15) is 0 Å². The largest absolute Gasteiger partial charge is 0.364 e. The lowest BCUT2D eigenvalue weighted by Crippen LogP contribution is -2.26. The van der Waals surface area contributed by atoms with E-state index in [0.717, 1.165) is 5.92 Å². The van der Waals surface area contributed by atoms with E-state index in [4.69, 9.17) is 0 Å². The number of hydrogen-bond acceptors (Lipinski definition) is 2. The average molecular weight is 216 g/mol. The van der Waals surface area contributed by atoms with Crippen LogP contribution in [0.15, 0.2) is 24.3 Å². The smallest absolute Gasteiger partial charge is 0.0967 e. The van der Waals surface area contributed by atoms with Gasteiger partial charge in [-0.3, -0.25) is 0 Å². The molecule has 1 aromatic rings. The number of nitrogens with one attached hydrogen (secondary N) is 2. The van der Waals surface area contributed by atoms with E-state index in [1.165, 1.54) is 49.9 Å². The average Bonchev–Trinajstić information content (AvgIpc) is 2.72. The summed E-state index contributed by atoms with van der Waals surface area (Å²) in [4.78, 5) is 0. The monoisotopic (exact) mass is 216 g/mol. The van der Waals surface area contributed by atoms with Crippen molar-refractivity contribution in [3.8, 4) is 0 Å². The maximum Gasteiger partial charge on any atom is 0.0967 e. The van der Waals surface area contributed by atoms with Crippen molar-refractivity contribution in [3.05, 3.63) is 24.3 Å². The topological polar surface area (TPSA) is 24.1 Å². The van der Waals surface area contributed by atoms with Gasteiger partial charge in [-0.2, -0.15) is 0 Å². The first kappa shape index (κ1) is 10.0. The highest BCUT2D eigenvalue weighted by Crippen LogP contribution is 2.33. The summed E-state index contributed by atoms with van der Waals surface area (Å²) in [5.74, 6) is 0.924. The second-order valence-corrected chi connectivity index (χ2v) is 5.13. The summed E-state index contributed by atoms with van der Waals surface area (Å²) in [6.45, 7) is 0. The van der Waals surface area contributed by atoms with Gasteiger partial charge in [-0.1, -0.05) is 44.2 Å². The van der Waals surface area contributed by atoms with Crippen molar-refractivity contribution in [2.45, 2.75) is 44.7 Å². The van der Waals surface area contributed by atoms with Gasteiger partial charge in [0.2, 0.25) is 0 Å². The molecule has 16 heavy (non-hydrogen) atoms. The molecule has 1 aliphatic carbocycles. The highest BCUT2D eigenvalue weighted by molar-refractivity contribution is 5.74. The maximum atomic E-state index is 3.57. The Kier molecular flexibility index (Phi) is 2.73. The van der Waals surface area contributed by atoms with Gasteiger partial charge in [0.15, 0.2) is 0 Å². The summed E-state index contributed by atoms with van der Waals surface area (Å²) < 4.78 is 0. The standard InChI is InChI=1S/C14H20N2/c1-2-6-11(7-3-1)10-14-15-12-8-4-5-9-13(12)16-14/h4-5,8-9,11,14-16H,1-3,6-7,10H2. The van der Waals surface area contributed by atoms with Crippen LogP contribution in [0.1, 0.15) is 38.5 Å². The number of anilines is 2. The van der Waals surface area contributed by atoms with Gasteiger partial charge in [-0.25, -0.2) is 0 Å². The van der Waals surface area contributed by atoms with E-state index in [0.29, 0.717) is 6.17 Å². The van der Waals surface area contributed by atoms with Crippen LogP contribution in [0.2, 0.25) is 0 Å². The van der Waals surface area contributed by atoms with Crippen LogP contribution in [0.25, 0.3) is 0 Å². The lowest BCUT2D eigenvalue weighted by molar-refractivity contribution is 0.331. The minimum atomic E-state index is 0.459. The molecule has 0 spiro atoms. The quantitative estimate of drug-likeness (QED) is 0.785. The van der Waals surface area contributed by atoms with Crippen LogP contribution in [0.3, 0.4) is 0 Å². The van der Waals surface area contributed by atoms with E-state index in [-0.39, 0.29) is 0 Å². The SMILES string of the molecule is c1ccc2c(c1)NC(CC1CCCCC1)N2. The summed E-state index contributed by atoms with van der Waals surface area (Å²) in [6.07, 6.45) is 8.90. The van der Waals surface area contributed by atoms with Gasteiger partial charge < -0.3 is 10.6 Å². The minimum absolute atomic E-state index is 0.459. The number of benzene rings is 1. The molecular formula is C14H20N2. The van der Waals surface area contributed by atoms with Crippen molar-refractivity contribution >= 4 is 11.4 Å². The molecule has 2 heteroatoms. The van der Waals surface area contributed by atoms with Crippen LogP contribution >= 0.6 is 0 Å². The third-order valence-corrected chi connectivity index (χ3v) is 3.88. The highest BCUT2D eigenvalue weighted by Gasteiger charge is 2.23. The molecule has 2 aliphatic rings. The third-order valence-electron chi connectivity index (χ3n) is 3.88. The maximum absolute atomic E-state index is 3.57. The van der Waals surface area contributed by atoms with Crippen LogP contribution < -0.4 is 10.6 Å². The molecule has 1 fully saturated rings. The molecule has 0 saturated heterocycles. The molecule has 1 aliphatic heterocycles. The Bertz CT molecular complexity index is 331. The molecule has 0 bridgehead atoms. The Labute approximate surface area is 97.4 Å². The Hall–Kier alpha value is -1.18. The van der Waals surface area contributed by atoms with Gasteiger partial charge in [-0.05, 0) is 24.5 Å². The number of hydrogen-bond donors (Lipinski definition) is 2. The molecule has 0 amide bonds. The Morgan fingerprint density at radius 3 is 2.19 bits per heavy atom. The van der Waals surface area contributed by atoms with E-state index in [2.05, 4.69) is 34.9 Å². The van der Waals surface area contributed by atoms with Crippen molar-refractivity contribution in [1.29, 1.82) is 0 Å². The summed E-state index contributed by atoms with van der Waals surface area (Å²) >= 11 is 0. The molecule has 0 unspecified atom stereocenters. The molecule has 3 rings (SSSR count). The predicted molar refractivity (Wildman–Crippen MR) is 68.7 cm³/mol. The molecule has 1 aromatic carbocycles. The summed E-state index contributed by atoms with van der Waals surface area (Å²) in [6, 6.07) is 8.50. The molecule has 1 heterocycles. The second-order valence-electron chi connectivity index (χ2n) is 5.13. The van der Waals surface area contributed by atoms with Gasteiger partial charge in [0.05, 0.1) is 17.5 Å². The van der Waals surface area contributed by atoms with Gasteiger partial charge in [0.25, 0.3) is 0 Å². The lowest BCUT2D eigenvalue weighted by Gasteiger charge is -2.24. The van der Waals surface area contributed by atoms with Crippen LogP contribution in [-0.2, 0) is 0 Å². The normalized spacial score (nSPS) is 21.2. The molecule has 86 valence electrons. The van der Waals surface area contributed by atoms with Crippen molar-refractivity contribution in [1.82, 2.24) is 0 Å². The Balaban J connectivity index is 1.59. The fourth-order valence-corrected chi connectivity index (χ4v) is 3.02. The number of rotatable bonds is 2. The van der Waals surface area contributed by atoms with E-state index >= 15 is 0 Å². The highest BCUT2D eigenvalue weighted by atomic mass is 15.2. The molecule has 0 atom stereocenters. The van der Waals surface area contributed by atoms with E-state index in [1.807, 2.05) is 0 Å². The minimum Gasteiger partial charge on any atom is -0.364 e. The summed E-state index contributed by atoms with van der Waals surface area (Å²) in [5.41, 5.74) is 2.53. The Morgan fingerprint density at radius 1 is 0.938 bits per heavy atom. The van der Waals surface area contributed by atoms with E-state index in [1.54, 1.807) is 0 Å². The predicted octanol–water partition coefficient (Wildman–Crippen LogP) is 3.82. The van der Waals surface area contributed by atoms with Crippen LogP contribution in [0.5, 0.6) is 0 Å². The van der Waals surface area contributed by atoms with Gasteiger partial charge in [0, 0.05) is 0 Å². The molecule has 0 radical (unpaired) electrons. The van der Waals surface area contributed by atoms with Crippen LogP contribution in [0.4, 0.5) is 11.4 Å². The van der Waals surface area contributed by atoms with Crippen LogP contribution in [0, 0.1) is 5.92 Å². The zero-order valence-electron chi connectivity index (χ0n) is 9.71. The van der Waals surface area contributed by atoms with Crippen LogP contribution in [-0.4, -0.2) is 6.17 Å². The van der Waals surface area contributed by atoms with Gasteiger partial charge >= 0.3 is 0 Å². The first-order chi connectivity index (χ1) is 7.92.